The van der Waals surface area contributed by atoms with Crippen molar-refractivity contribution in [1.82, 2.24) is 9.97 Å². The Morgan fingerprint density at radius 1 is 1.04 bits per heavy atom. The molecule has 0 saturated heterocycles. The van der Waals surface area contributed by atoms with Crippen LogP contribution in [0.4, 0.5) is 30.5 Å². The summed E-state index contributed by atoms with van der Waals surface area (Å²) in [6, 6.07) is 14.1. The minimum atomic E-state index is -4.45. The number of alkyl halides is 3. The third kappa shape index (κ3) is 4.62. The quantitative estimate of drug-likeness (QED) is 0.698. The van der Waals surface area contributed by atoms with Crippen LogP contribution in [-0.4, -0.2) is 15.9 Å². The number of halogens is 3. The van der Waals surface area contributed by atoms with Crippen LogP contribution < -0.4 is 10.6 Å². The first-order chi connectivity index (χ1) is 13.3. The number of nitrogens with zero attached hydrogens (tertiary/aromatic N) is 3. The highest BCUT2D eigenvalue weighted by molar-refractivity contribution is 6.03. The van der Waals surface area contributed by atoms with Crippen LogP contribution in [0.15, 0.2) is 60.8 Å². The van der Waals surface area contributed by atoms with Crippen molar-refractivity contribution in [2.75, 3.05) is 10.6 Å². The highest BCUT2D eigenvalue weighted by Gasteiger charge is 2.30. The van der Waals surface area contributed by atoms with Gasteiger partial charge >= 0.3 is 6.18 Å². The van der Waals surface area contributed by atoms with Crippen molar-refractivity contribution in [3.05, 3.63) is 77.6 Å². The van der Waals surface area contributed by atoms with E-state index < -0.39 is 17.6 Å². The molecule has 0 aliphatic carbocycles. The standard InChI is InChI=1S/C19H12F3N5O/c20-19(21,22)13-4-6-14(7-5-13)25-17(28)16-8-9-24-18(27-16)26-15-3-1-2-12(10-15)11-23/h1-10H,(H,25,28)(H,24,26,27). The first kappa shape index (κ1) is 18.8. The van der Waals surface area contributed by atoms with Crippen molar-refractivity contribution >= 4 is 23.2 Å². The molecule has 1 amide bonds. The van der Waals surface area contributed by atoms with E-state index >= 15 is 0 Å². The summed E-state index contributed by atoms with van der Waals surface area (Å²) in [6.45, 7) is 0. The molecular formula is C19H12F3N5O. The predicted molar refractivity (Wildman–Crippen MR) is 95.9 cm³/mol. The zero-order valence-electron chi connectivity index (χ0n) is 14.2. The Morgan fingerprint density at radius 2 is 1.79 bits per heavy atom. The molecule has 0 spiro atoms. The van der Waals surface area contributed by atoms with Gasteiger partial charge in [0.2, 0.25) is 5.95 Å². The fourth-order valence-electron chi connectivity index (χ4n) is 2.28. The molecule has 0 aliphatic rings. The zero-order chi connectivity index (χ0) is 20.1. The van der Waals surface area contributed by atoms with E-state index in [1.165, 1.54) is 12.3 Å². The molecule has 6 nitrogen and oxygen atoms in total. The van der Waals surface area contributed by atoms with Crippen molar-refractivity contribution in [3.63, 3.8) is 0 Å². The molecule has 0 unspecified atom stereocenters. The van der Waals surface area contributed by atoms with Crippen molar-refractivity contribution in [1.29, 1.82) is 5.26 Å². The average Bonchev–Trinajstić information content (AvgIpc) is 2.68. The second-order valence-corrected chi connectivity index (χ2v) is 5.61. The number of anilines is 3. The summed E-state index contributed by atoms with van der Waals surface area (Å²) < 4.78 is 37.8. The molecule has 0 atom stereocenters. The normalized spacial score (nSPS) is 10.8. The monoisotopic (exact) mass is 383 g/mol. The van der Waals surface area contributed by atoms with Crippen molar-refractivity contribution < 1.29 is 18.0 Å². The summed E-state index contributed by atoms with van der Waals surface area (Å²) in [5, 5.41) is 14.3. The molecule has 1 heterocycles. The molecule has 140 valence electrons. The minimum Gasteiger partial charge on any atom is -0.324 e. The van der Waals surface area contributed by atoms with E-state index in [-0.39, 0.29) is 17.3 Å². The summed E-state index contributed by atoms with van der Waals surface area (Å²) in [4.78, 5) is 20.4. The number of carbonyl (C=O) groups is 1. The van der Waals surface area contributed by atoms with E-state index in [1.54, 1.807) is 24.3 Å². The molecular weight excluding hydrogens is 371 g/mol. The average molecular weight is 383 g/mol. The summed E-state index contributed by atoms with van der Waals surface area (Å²) in [5.74, 6) is -0.467. The van der Waals surface area contributed by atoms with Crippen LogP contribution in [0.2, 0.25) is 0 Å². The van der Waals surface area contributed by atoms with Gasteiger partial charge in [-0.1, -0.05) is 6.07 Å². The lowest BCUT2D eigenvalue weighted by molar-refractivity contribution is -0.137. The third-order valence-corrected chi connectivity index (χ3v) is 3.61. The number of nitriles is 1. The second kappa shape index (κ2) is 7.75. The van der Waals surface area contributed by atoms with Gasteiger partial charge in [-0.05, 0) is 48.5 Å². The Morgan fingerprint density at radius 3 is 2.46 bits per heavy atom. The number of hydrogen-bond acceptors (Lipinski definition) is 5. The molecule has 0 aliphatic heterocycles. The van der Waals surface area contributed by atoms with Gasteiger partial charge < -0.3 is 10.6 Å². The first-order valence-electron chi connectivity index (χ1n) is 7.94. The Labute approximate surface area is 157 Å². The van der Waals surface area contributed by atoms with Crippen LogP contribution in [0, 0.1) is 11.3 Å². The smallest absolute Gasteiger partial charge is 0.324 e. The molecule has 9 heteroatoms. The van der Waals surface area contributed by atoms with Crippen LogP contribution >= 0.6 is 0 Å². The van der Waals surface area contributed by atoms with Crippen LogP contribution in [-0.2, 0) is 6.18 Å². The van der Waals surface area contributed by atoms with E-state index in [0.717, 1.165) is 24.3 Å². The molecule has 0 radical (unpaired) electrons. The zero-order valence-corrected chi connectivity index (χ0v) is 14.2. The summed E-state index contributed by atoms with van der Waals surface area (Å²) >= 11 is 0. The highest BCUT2D eigenvalue weighted by atomic mass is 19.4. The first-order valence-corrected chi connectivity index (χ1v) is 7.94. The van der Waals surface area contributed by atoms with Crippen molar-refractivity contribution in [2.24, 2.45) is 0 Å². The topological polar surface area (TPSA) is 90.7 Å². The van der Waals surface area contributed by atoms with E-state index in [1.807, 2.05) is 6.07 Å². The van der Waals surface area contributed by atoms with Crippen molar-refractivity contribution in [2.45, 2.75) is 6.18 Å². The molecule has 0 fully saturated rings. The number of benzene rings is 2. The fraction of sp³-hybridized carbons (Fsp3) is 0.0526. The number of carbonyl (C=O) groups excluding carboxylic acids is 1. The molecule has 2 N–H and O–H groups in total. The van der Waals surface area contributed by atoms with Gasteiger partial charge in [0, 0.05) is 17.6 Å². The van der Waals surface area contributed by atoms with Gasteiger partial charge in [-0.15, -0.1) is 0 Å². The third-order valence-electron chi connectivity index (χ3n) is 3.61. The van der Waals surface area contributed by atoms with Crippen LogP contribution in [0.5, 0.6) is 0 Å². The molecule has 1 aromatic heterocycles. The van der Waals surface area contributed by atoms with Gasteiger partial charge in [0.05, 0.1) is 17.2 Å². The second-order valence-electron chi connectivity index (χ2n) is 5.61. The Bertz CT molecular complexity index is 1040. The molecule has 0 bridgehead atoms. The van der Waals surface area contributed by atoms with E-state index in [2.05, 4.69) is 20.6 Å². The van der Waals surface area contributed by atoms with Gasteiger partial charge in [-0.3, -0.25) is 4.79 Å². The lowest BCUT2D eigenvalue weighted by atomic mass is 10.2. The molecule has 28 heavy (non-hydrogen) atoms. The number of rotatable bonds is 4. The minimum absolute atomic E-state index is 0.0221. The molecule has 3 rings (SSSR count). The van der Waals surface area contributed by atoms with Crippen LogP contribution in [0.3, 0.4) is 0 Å². The summed E-state index contributed by atoms with van der Waals surface area (Å²) in [6.07, 6.45) is -3.08. The van der Waals surface area contributed by atoms with Gasteiger partial charge in [0.1, 0.15) is 5.69 Å². The SMILES string of the molecule is N#Cc1cccc(Nc2nccc(C(=O)Nc3ccc(C(F)(F)F)cc3)n2)c1. The molecule has 2 aromatic carbocycles. The number of hydrogen-bond donors (Lipinski definition) is 2. The Hall–Kier alpha value is -3.93. The van der Waals surface area contributed by atoms with E-state index in [4.69, 9.17) is 5.26 Å². The lowest BCUT2D eigenvalue weighted by Crippen LogP contribution is -2.15. The maximum absolute atomic E-state index is 12.6. The number of amides is 1. The maximum atomic E-state index is 12.6. The Balaban J connectivity index is 1.72. The van der Waals surface area contributed by atoms with Crippen molar-refractivity contribution in [3.8, 4) is 6.07 Å². The molecule has 0 saturated carbocycles. The Kier molecular flexibility index (Phi) is 5.22. The number of nitrogens with one attached hydrogen (secondary N) is 2. The summed E-state index contributed by atoms with van der Waals surface area (Å²) in [5.41, 5.74) is 0.431. The molecule has 3 aromatic rings. The van der Waals surface area contributed by atoms with Gasteiger partial charge in [0.25, 0.3) is 5.91 Å². The largest absolute Gasteiger partial charge is 0.416 e. The van der Waals surface area contributed by atoms with Gasteiger partial charge in [0.15, 0.2) is 0 Å². The van der Waals surface area contributed by atoms with Crippen LogP contribution in [0.1, 0.15) is 21.6 Å². The van der Waals surface area contributed by atoms with Gasteiger partial charge in [-0.25, -0.2) is 9.97 Å². The fourth-order valence-corrected chi connectivity index (χ4v) is 2.28. The van der Waals surface area contributed by atoms with Crippen LogP contribution in [0.25, 0.3) is 0 Å². The predicted octanol–water partition coefficient (Wildman–Crippen LogP) is 4.36. The lowest BCUT2D eigenvalue weighted by Gasteiger charge is -2.09. The highest BCUT2D eigenvalue weighted by Crippen LogP contribution is 2.29. The van der Waals surface area contributed by atoms with Gasteiger partial charge in [-0.2, -0.15) is 18.4 Å². The van der Waals surface area contributed by atoms with E-state index in [0.29, 0.717) is 11.3 Å². The van der Waals surface area contributed by atoms with E-state index in [9.17, 15) is 18.0 Å². The summed E-state index contributed by atoms with van der Waals surface area (Å²) in [7, 11) is 0. The number of aromatic nitrogens is 2. The maximum Gasteiger partial charge on any atom is 0.416 e.